The largest absolute Gasteiger partial charge is 0.297 e. The number of halogens is 1. The van der Waals surface area contributed by atoms with E-state index in [1.807, 2.05) is 42.6 Å². The molecule has 1 heterocycles. The SMILES string of the molecule is CCCN(CC1CC1)[C@@H](C)C=C(C)c1ccc(C#Cc2ccc(-c3ccc(Cl)cc3)cn2)cc1. The molecule has 0 N–H and O–H groups in total. The van der Waals surface area contributed by atoms with Gasteiger partial charge in [-0.1, -0.05) is 60.9 Å². The van der Waals surface area contributed by atoms with Crippen LogP contribution in [0.5, 0.6) is 0 Å². The molecule has 0 amide bonds. The summed E-state index contributed by atoms with van der Waals surface area (Å²) >= 11 is 5.98. The Labute approximate surface area is 209 Å². The van der Waals surface area contributed by atoms with E-state index < -0.39 is 0 Å². The van der Waals surface area contributed by atoms with Gasteiger partial charge in [0.25, 0.3) is 0 Å². The number of hydrogen-bond acceptors (Lipinski definition) is 2. The van der Waals surface area contributed by atoms with Crippen LogP contribution in [0.4, 0.5) is 0 Å². The molecule has 1 aliphatic rings. The van der Waals surface area contributed by atoms with Gasteiger partial charge in [-0.05, 0) is 98.5 Å². The molecule has 0 spiro atoms. The van der Waals surface area contributed by atoms with Gasteiger partial charge in [0, 0.05) is 34.9 Å². The molecule has 0 unspecified atom stereocenters. The Kier molecular flexibility index (Phi) is 8.22. The molecule has 0 aliphatic heterocycles. The number of nitrogens with zero attached hydrogens (tertiary/aromatic N) is 2. The lowest BCUT2D eigenvalue weighted by Crippen LogP contribution is -2.34. The van der Waals surface area contributed by atoms with E-state index in [1.165, 1.54) is 43.5 Å². The zero-order chi connectivity index (χ0) is 23.9. The molecule has 1 aromatic heterocycles. The van der Waals surface area contributed by atoms with E-state index in [9.17, 15) is 0 Å². The maximum absolute atomic E-state index is 5.98. The lowest BCUT2D eigenvalue weighted by molar-refractivity contribution is 0.232. The van der Waals surface area contributed by atoms with Crippen molar-refractivity contribution in [3.8, 4) is 23.0 Å². The summed E-state index contributed by atoms with van der Waals surface area (Å²) in [5, 5.41) is 0.734. The van der Waals surface area contributed by atoms with E-state index in [-0.39, 0.29) is 0 Å². The second kappa shape index (κ2) is 11.5. The molecule has 1 aliphatic carbocycles. The van der Waals surface area contributed by atoms with E-state index in [4.69, 9.17) is 11.6 Å². The Hall–Kier alpha value is -2.86. The second-order valence-electron chi connectivity index (χ2n) is 9.29. The fraction of sp³-hybridized carbons (Fsp3) is 0.323. The highest BCUT2D eigenvalue weighted by Gasteiger charge is 2.25. The monoisotopic (exact) mass is 468 g/mol. The van der Waals surface area contributed by atoms with Crippen molar-refractivity contribution in [1.82, 2.24) is 9.88 Å². The van der Waals surface area contributed by atoms with Gasteiger partial charge in [0.15, 0.2) is 0 Å². The molecule has 2 nitrogen and oxygen atoms in total. The summed E-state index contributed by atoms with van der Waals surface area (Å²) in [6.45, 7) is 9.22. The first-order valence-corrected chi connectivity index (χ1v) is 12.7. The molecule has 1 fully saturated rings. The summed E-state index contributed by atoms with van der Waals surface area (Å²) in [7, 11) is 0. The third kappa shape index (κ3) is 6.83. The summed E-state index contributed by atoms with van der Waals surface area (Å²) in [5.74, 6) is 7.34. The zero-order valence-corrected chi connectivity index (χ0v) is 21.1. The minimum Gasteiger partial charge on any atom is -0.297 e. The fourth-order valence-corrected chi connectivity index (χ4v) is 4.30. The molecule has 2 aromatic carbocycles. The van der Waals surface area contributed by atoms with Crippen molar-refractivity contribution in [2.75, 3.05) is 13.1 Å². The van der Waals surface area contributed by atoms with Crippen molar-refractivity contribution in [2.45, 2.75) is 46.1 Å². The quantitative estimate of drug-likeness (QED) is 0.314. The Morgan fingerprint density at radius 2 is 1.74 bits per heavy atom. The van der Waals surface area contributed by atoms with Gasteiger partial charge in [-0.2, -0.15) is 0 Å². The van der Waals surface area contributed by atoms with Crippen LogP contribution >= 0.6 is 11.6 Å². The van der Waals surface area contributed by atoms with Crippen LogP contribution in [-0.2, 0) is 0 Å². The van der Waals surface area contributed by atoms with E-state index in [2.05, 4.69) is 72.8 Å². The Morgan fingerprint density at radius 3 is 2.35 bits per heavy atom. The highest BCUT2D eigenvalue weighted by atomic mass is 35.5. The number of benzene rings is 2. The van der Waals surface area contributed by atoms with E-state index in [0.717, 1.165) is 33.3 Å². The molecule has 0 bridgehead atoms. The van der Waals surface area contributed by atoms with Crippen LogP contribution in [0.1, 0.15) is 56.9 Å². The molecular formula is C31H33ClN2. The predicted molar refractivity (Wildman–Crippen MR) is 145 cm³/mol. The van der Waals surface area contributed by atoms with Gasteiger partial charge >= 0.3 is 0 Å². The molecule has 3 heteroatoms. The van der Waals surface area contributed by atoms with Gasteiger partial charge in [0.2, 0.25) is 0 Å². The molecule has 4 rings (SSSR count). The summed E-state index contributed by atoms with van der Waals surface area (Å²) in [6.07, 6.45) is 8.28. The molecule has 34 heavy (non-hydrogen) atoms. The summed E-state index contributed by atoms with van der Waals surface area (Å²) in [4.78, 5) is 7.14. The van der Waals surface area contributed by atoms with Crippen LogP contribution in [0.25, 0.3) is 16.7 Å². The third-order valence-corrected chi connectivity index (χ3v) is 6.64. The summed E-state index contributed by atoms with van der Waals surface area (Å²) in [6, 6.07) is 20.8. The van der Waals surface area contributed by atoms with Crippen molar-refractivity contribution >= 4 is 17.2 Å². The molecule has 0 saturated heterocycles. The maximum atomic E-state index is 5.98. The minimum absolute atomic E-state index is 0.460. The number of hydrogen-bond donors (Lipinski definition) is 0. The Morgan fingerprint density at radius 1 is 1.03 bits per heavy atom. The molecule has 3 aromatic rings. The number of pyridine rings is 1. The van der Waals surface area contributed by atoms with Crippen LogP contribution in [0, 0.1) is 17.8 Å². The first kappa shape index (κ1) is 24.3. The molecule has 174 valence electrons. The highest BCUT2D eigenvalue weighted by Crippen LogP contribution is 2.31. The van der Waals surface area contributed by atoms with Gasteiger partial charge in [0.05, 0.1) is 0 Å². The minimum atomic E-state index is 0.460. The topological polar surface area (TPSA) is 16.1 Å². The molecular weight excluding hydrogens is 436 g/mol. The molecule has 1 atom stereocenters. The predicted octanol–water partition coefficient (Wildman–Crippen LogP) is 7.72. The van der Waals surface area contributed by atoms with Gasteiger partial charge in [-0.25, -0.2) is 4.98 Å². The van der Waals surface area contributed by atoms with Crippen LogP contribution in [-0.4, -0.2) is 29.0 Å². The van der Waals surface area contributed by atoms with Crippen LogP contribution in [0.15, 0.2) is 72.9 Å². The van der Waals surface area contributed by atoms with Gasteiger partial charge in [-0.15, -0.1) is 0 Å². The summed E-state index contributed by atoms with van der Waals surface area (Å²) < 4.78 is 0. The van der Waals surface area contributed by atoms with Crippen LogP contribution in [0.2, 0.25) is 5.02 Å². The van der Waals surface area contributed by atoms with Crippen molar-refractivity contribution in [3.63, 3.8) is 0 Å². The van der Waals surface area contributed by atoms with Crippen LogP contribution in [0.3, 0.4) is 0 Å². The van der Waals surface area contributed by atoms with E-state index >= 15 is 0 Å². The number of allylic oxidation sites excluding steroid dienone is 1. The summed E-state index contributed by atoms with van der Waals surface area (Å²) in [5.41, 5.74) is 6.48. The van der Waals surface area contributed by atoms with Crippen molar-refractivity contribution in [1.29, 1.82) is 0 Å². The second-order valence-corrected chi connectivity index (χ2v) is 9.73. The van der Waals surface area contributed by atoms with Crippen molar-refractivity contribution in [3.05, 3.63) is 94.8 Å². The standard InChI is InChI=1S/C31H33ClN2/c1-4-19-34(22-26-5-6-26)24(3)20-23(2)27-10-7-25(8-11-27)9-17-31-18-14-29(21-33-31)28-12-15-30(32)16-13-28/h7-8,10-16,18,20-21,24,26H,4-6,19,22H2,1-3H3/t24-/m0/s1. The van der Waals surface area contributed by atoms with Gasteiger partial charge in [0.1, 0.15) is 5.69 Å². The number of rotatable bonds is 8. The average Bonchev–Trinajstić information content (AvgIpc) is 3.68. The van der Waals surface area contributed by atoms with Crippen LogP contribution < -0.4 is 0 Å². The highest BCUT2D eigenvalue weighted by molar-refractivity contribution is 6.30. The van der Waals surface area contributed by atoms with Crippen molar-refractivity contribution in [2.24, 2.45) is 5.92 Å². The average molecular weight is 469 g/mol. The van der Waals surface area contributed by atoms with Gasteiger partial charge < -0.3 is 0 Å². The molecule has 0 radical (unpaired) electrons. The lowest BCUT2D eigenvalue weighted by Gasteiger charge is -2.27. The smallest absolute Gasteiger partial charge is 0.113 e. The first-order chi connectivity index (χ1) is 16.5. The molecule has 1 saturated carbocycles. The van der Waals surface area contributed by atoms with E-state index in [0.29, 0.717) is 6.04 Å². The fourth-order valence-electron chi connectivity index (χ4n) is 4.18. The normalized spacial score (nSPS) is 14.6. The van der Waals surface area contributed by atoms with Gasteiger partial charge in [-0.3, -0.25) is 4.90 Å². The Bertz CT molecular complexity index is 1160. The maximum Gasteiger partial charge on any atom is 0.113 e. The van der Waals surface area contributed by atoms with Crippen molar-refractivity contribution < 1.29 is 0 Å². The third-order valence-electron chi connectivity index (χ3n) is 6.38. The Balaban J connectivity index is 1.39. The number of aromatic nitrogens is 1. The zero-order valence-electron chi connectivity index (χ0n) is 20.4. The first-order valence-electron chi connectivity index (χ1n) is 12.3. The van der Waals surface area contributed by atoms with E-state index in [1.54, 1.807) is 0 Å². The lowest BCUT2D eigenvalue weighted by atomic mass is 10.0.